The molecule has 0 aliphatic carbocycles. The van der Waals surface area contributed by atoms with E-state index in [1.807, 2.05) is 6.07 Å². The molecule has 0 atom stereocenters. The quantitative estimate of drug-likeness (QED) is 0.735. The van der Waals surface area contributed by atoms with Crippen LogP contribution in [0.1, 0.15) is 17.3 Å². The number of ether oxygens (including phenoxy) is 1. The largest absolute Gasteiger partial charge is 0.464 e. The van der Waals surface area contributed by atoms with Crippen molar-refractivity contribution in [1.82, 2.24) is 0 Å². The smallest absolute Gasteiger partial charge is 0.338 e. The van der Waals surface area contributed by atoms with Crippen LogP contribution in [0.5, 0.6) is 0 Å². The molecule has 5 heteroatoms. The van der Waals surface area contributed by atoms with Gasteiger partial charge in [-0.25, -0.2) is 4.79 Å². The summed E-state index contributed by atoms with van der Waals surface area (Å²) in [7, 11) is 0. The van der Waals surface area contributed by atoms with Gasteiger partial charge < -0.3 is 9.15 Å². The monoisotopic (exact) mass is 372 g/mol. The van der Waals surface area contributed by atoms with E-state index in [0.29, 0.717) is 23.5 Å². The zero-order valence-corrected chi connectivity index (χ0v) is 12.7. The van der Waals surface area contributed by atoms with E-state index in [-0.39, 0.29) is 5.97 Å². The Morgan fingerprint density at radius 1 is 1.39 bits per heavy atom. The minimum Gasteiger partial charge on any atom is -0.464 e. The van der Waals surface area contributed by atoms with Crippen molar-refractivity contribution in [3.63, 3.8) is 0 Å². The van der Waals surface area contributed by atoms with Crippen LogP contribution in [0.4, 0.5) is 0 Å². The Bertz CT molecular complexity index is 562. The lowest BCUT2D eigenvalue weighted by atomic mass is 10.1. The number of rotatable bonds is 3. The number of carbonyl (C=O) groups excluding carboxylic acids is 1. The van der Waals surface area contributed by atoms with Crippen molar-refractivity contribution in [2.24, 2.45) is 0 Å². The van der Waals surface area contributed by atoms with Crippen LogP contribution in [0.15, 0.2) is 43.9 Å². The summed E-state index contributed by atoms with van der Waals surface area (Å²) >= 11 is 6.80. The Labute approximate surface area is 121 Å². The third kappa shape index (κ3) is 2.67. The molecule has 0 bridgehead atoms. The van der Waals surface area contributed by atoms with Gasteiger partial charge in [-0.2, -0.15) is 0 Å². The molecule has 2 aromatic rings. The van der Waals surface area contributed by atoms with Crippen LogP contribution in [-0.2, 0) is 4.74 Å². The maximum Gasteiger partial charge on any atom is 0.338 e. The van der Waals surface area contributed by atoms with Gasteiger partial charge in [-0.3, -0.25) is 0 Å². The van der Waals surface area contributed by atoms with E-state index in [0.717, 1.165) is 8.95 Å². The molecule has 1 aromatic carbocycles. The minimum atomic E-state index is -0.370. The van der Waals surface area contributed by atoms with Crippen molar-refractivity contribution in [2.75, 3.05) is 6.61 Å². The van der Waals surface area contributed by atoms with Crippen molar-refractivity contribution in [3.8, 4) is 11.3 Å². The van der Waals surface area contributed by atoms with E-state index in [2.05, 4.69) is 31.9 Å². The molecule has 0 saturated carbocycles. The number of benzene rings is 1. The predicted molar refractivity (Wildman–Crippen MR) is 75.5 cm³/mol. The first kappa shape index (κ1) is 13.4. The average molecular weight is 374 g/mol. The van der Waals surface area contributed by atoms with E-state index in [9.17, 15) is 4.79 Å². The summed E-state index contributed by atoms with van der Waals surface area (Å²) in [6.45, 7) is 2.11. The Kier molecular flexibility index (Phi) is 4.24. The van der Waals surface area contributed by atoms with Crippen LogP contribution in [0.3, 0.4) is 0 Å². The molecule has 0 radical (unpaired) electrons. The molecule has 0 aliphatic heterocycles. The number of halogens is 2. The van der Waals surface area contributed by atoms with Crippen LogP contribution >= 0.6 is 31.9 Å². The molecule has 0 N–H and O–H groups in total. The lowest BCUT2D eigenvalue weighted by molar-refractivity contribution is 0.0527. The Balaban J connectivity index is 2.59. The number of esters is 1. The second kappa shape index (κ2) is 5.71. The minimum absolute atomic E-state index is 0.334. The van der Waals surface area contributed by atoms with Gasteiger partial charge in [0.05, 0.1) is 18.4 Å². The van der Waals surface area contributed by atoms with Crippen molar-refractivity contribution in [3.05, 3.63) is 45.0 Å². The SMILES string of the molecule is CCOC(=O)c1cc(Br)cc(Br)c1-c1ccco1. The van der Waals surface area contributed by atoms with Crippen molar-refractivity contribution in [1.29, 1.82) is 0 Å². The van der Waals surface area contributed by atoms with Gasteiger partial charge in [-0.1, -0.05) is 15.9 Å². The summed E-state index contributed by atoms with van der Waals surface area (Å²) in [5.41, 5.74) is 1.16. The van der Waals surface area contributed by atoms with Gasteiger partial charge in [-0.05, 0) is 47.1 Å². The second-order valence-corrected chi connectivity index (χ2v) is 5.28. The molecule has 18 heavy (non-hydrogen) atoms. The van der Waals surface area contributed by atoms with Gasteiger partial charge in [0, 0.05) is 14.5 Å². The first-order valence-electron chi connectivity index (χ1n) is 5.33. The number of furan rings is 1. The first-order chi connectivity index (χ1) is 8.63. The Morgan fingerprint density at radius 2 is 2.17 bits per heavy atom. The van der Waals surface area contributed by atoms with Gasteiger partial charge in [0.2, 0.25) is 0 Å². The number of hydrogen-bond donors (Lipinski definition) is 0. The maximum absolute atomic E-state index is 12.0. The normalized spacial score (nSPS) is 10.4. The molecule has 0 aliphatic rings. The number of hydrogen-bond acceptors (Lipinski definition) is 3. The highest BCUT2D eigenvalue weighted by Gasteiger charge is 2.19. The zero-order valence-electron chi connectivity index (χ0n) is 9.57. The van der Waals surface area contributed by atoms with Gasteiger partial charge in [0.25, 0.3) is 0 Å². The standard InChI is InChI=1S/C13H10Br2O3/c1-2-17-13(16)9-6-8(14)7-10(15)12(9)11-4-3-5-18-11/h3-7H,2H2,1H3. The zero-order chi connectivity index (χ0) is 13.1. The Hall–Kier alpha value is -1.07. The van der Waals surface area contributed by atoms with Gasteiger partial charge in [-0.15, -0.1) is 0 Å². The Morgan fingerprint density at radius 3 is 2.78 bits per heavy atom. The summed E-state index contributed by atoms with van der Waals surface area (Å²) in [6, 6.07) is 7.16. The molecule has 94 valence electrons. The van der Waals surface area contributed by atoms with Crippen molar-refractivity contribution in [2.45, 2.75) is 6.92 Å². The van der Waals surface area contributed by atoms with Gasteiger partial charge in [0.15, 0.2) is 0 Å². The highest BCUT2D eigenvalue weighted by atomic mass is 79.9. The summed E-state index contributed by atoms with van der Waals surface area (Å²) in [4.78, 5) is 12.0. The third-order valence-corrected chi connectivity index (χ3v) is 3.40. The number of carbonyl (C=O) groups is 1. The molecule has 0 saturated heterocycles. The summed E-state index contributed by atoms with van der Waals surface area (Å²) in [5.74, 6) is 0.253. The molecule has 0 unspecified atom stereocenters. The fourth-order valence-electron chi connectivity index (χ4n) is 1.61. The third-order valence-electron chi connectivity index (χ3n) is 2.32. The lowest BCUT2D eigenvalue weighted by Crippen LogP contribution is -2.07. The molecule has 1 aromatic heterocycles. The van der Waals surface area contributed by atoms with E-state index in [1.54, 1.807) is 31.4 Å². The topological polar surface area (TPSA) is 39.4 Å². The molecule has 0 amide bonds. The highest BCUT2D eigenvalue weighted by molar-refractivity contribution is 9.11. The first-order valence-corrected chi connectivity index (χ1v) is 6.92. The van der Waals surface area contributed by atoms with Crippen LogP contribution in [0, 0.1) is 0 Å². The lowest BCUT2D eigenvalue weighted by Gasteiger charge is -2.09. The molecule has 2 rings (SSSR count). The molecule has 1 heterocycles. The predicted octanol–water partition coefficient (Wildman–Crippen LogP) is 4.65. The molecule has 3 nitrogen and oxygen atoms in total. The maximum atomic E-state index is 12.0. The highest BCUT2D eigenvalue weighted by Crippen LogP contribution is 2.35. The van der Waals surface area contributed by atoms with Crippen LogP contribution in [0.2, 0.25) is 0 Å². The molecule has 0 spiro atoms. The van der Waals surface area contributed by atoms with Crippen LogP contribution in [0.25, 0.3) is 11.3 Å². The van der Waals surface area contributed by atoms with E-state index >= 15 is 0 Å². The van der Waals surface area contributed by atoms with Crippen LogP contribution < -0.4 is 0 Å². The van der Waals surface area contributed by atoms with E-state index < -0.39 is 0 Å². The molecule has 0 fully saturated rings. The van der Waals surface area contributed by atoms with E-state index in [4.69, 9.17) is 9.15 Å². The molecular formula is C13H10Br2O3. The summed E-state index contributed by atoms with van der Waals surface area (Å²) < 4.78 is 12.0. The summed E-state index contributed by atoms with van der Waals surface area (Å²) in [6.07, 6.45) is 1.57. The van der Waals surface area contributed by atoms with Gasteiger partial charge in [0.1, 0.15) is 5.76 Å². The fraction of sp³-hybridized carbons (Fsp3) is 0.154. The van der Waals surface area contributed by atoms with Crippen molar-refractivity contribution < 1.29 is 13.9 Å². The van der Waals surface area contributed by atoms with E-state index in [1.165, 1.54) is 0 Å². The molecular weight excluding hydrogens is 364 g/mol. The van der Waals surface area contributed by atoms with Crippen LogP contribution in [-0.4, -0.2) is 12.6 Å². The summed E-state index contributed by atoms with van der Waals surface area (Å²) in [5, 5.41) is 0. The van der Waals surface area contributed by atoms with Crippen molar-refractivity contribution >= 4 is 37.8 Å². The second-order valence-electron chi connectivity index (χ2n) is 3.51. The van der Waals surface area contributed by atoms with Gasteiger partial charge >= 0.3 is 5.97 Å². The fourth-order valence-corrected chi connectivity index (χ4v) is 3.04. The average Bonchev–Trinajstić information content (AvgIpc) is 2.81.